The highest BCUT2D eigenvalue weighted by Gasteiger charge is 2.54. The number of thiazole rings is 1. The molecule has 1 saturated carbocycles. The van der Waals surface area contributed by atoms with Gasteiger partial charge in [-0.05, 0) is 6.42 Å². The minimum absolute atomic E-state index is 0.00602. The van der Waals surface area contributed by atoms with Gasteiger partial charge in [0.15, 0.2) is 10.8 Å². The van der Waals surface area contributed by atoms with E-state index in [4.69, 9.17) is 15.3 Å². The molecule has 2 amide bonds. The highest BCUT2D eigenvalue weighted by molar-refractivity contribution is 7.13. The van der Waals surface area contributed by atoms with Gasteiger partial charge in [0.25, 0.3) is 5.91 Å². The van der Waals surface area contributed by atoms with Crippen LogP contribution in [0.15, 0.2) is 10.5 Å². The molecule has 2 aliphatic rings. The molecule has 2 fully saturated rings. The van der Waals surface area contributed by atoms with Crippen molar-refractivity contribution in [3.05, 3.63) is 11.1 Å². The molecule has 1 aliphatic heterocycles. The van der Waals surface area contributed by atoms with Gasteiger partial charge in [-0.25, -0.2) is 14.6 Å². The number of carboxylic acid groups (broad SMARTS) is 1. The maximum absolute atomic E-state index is 12.6. The minimum Gasteiger partial charge on any atom is -0.478 e. The maximum Gasteiger partial charge on any atom is 0.409 e. The molecule has 12 nitrogen and oxygen atoms in total. The van der Waals surface area contributed by atoms with Gasteiger partial charge in [-0.1, -0.05) is 5.16 Å². The van der Waals surface area contributed by atoms with Crippen LogP contribution in [0.25, 0.3) is 0 Å². The van der Waals surface area contributed by atoms with E-state index in [0.29, 0.717) is 32.4 Å². The van der Waals surface area contributed by atoms with Crippen LogP contribution in [0.1, 0.15) is 25.0 Å². The molecule has 0 radical (unpaired) electrons. The second kappa shape index (κ2) is 9.07. The topological polar surface area (TPSA) is 174 Å². The third-order valence-electron chi connectivity index (χ3n) is 4.72. The average molecular weight is 439 g/mol. The van der Waals surface area contributed by atoms with Crippen LogP contribution in [0.2, 0.25) is 0 Å². The second-order valence-electron chi connectivity index (χ2n) is 6.90. The van der Waals surface area contributed by atoms with E-state index in [1.165, 1.54) is 10.3 Å². The first kappa shape index (κ1) is 21.5. The third-order valence-corrected chi connectivity index (χ3v) is 5.39. The first-order valence-electron chi connectivity index (χ1n) is 9.21. The number of cyclic esters (lactones) is 1. The van der Waals surface area contributed by atoms with Crippen molar-refractivity contribution in [1.82, 2.24) is 15.2 Å². The summed E-state index contributed by atoms with van der Waals surface area (Å²) in [6.45, 7) is 1.09. The molecule has 3 rings (SSSR count). The number of aliphatic carboxylic acids is 1. The number of anilines is 1. The second-order valence-corrected chi connectivity index (χ2v) is 7.79. The van der Waals surface area contributed by atoms with Crippen LogP contribution in [-0.2, 0) is 24.0 Å². The van der Waals surface area contributed by atoms with Gasteiger partial charge in [-0.15, -0.1) is 11.3 Å². The van der Waals surface area contributed by atoms with Crippen molar-refractivity contribution >= 4 is 46.4 Å². The van der Waals surface area contributed by atoms with Crippen LogP contribution < -0.4 is 11.1 Å². The van der Waals surface area contributed by atoms with Gasteiger partial charge in [0.2, 0.25) is 5.60 Å². The number of nitrogens with two attached hydrogens (primary N) is 1. The first-order valence-corrected chi connectivity index (χ1v) is 10.1. The molecule has 1 aliphatic carbocycles. The molecule has 0 aromatic carbocycles. The molecular weight excluding hydrogens is 418 g/mol. The van der Waals surface area contributed by atoms with Crippen molar-refractivity contribution in [2.24, 2.45) is 11.1 Å². The summed E-state index contributed by atoms with van der Waals surface area (Å²) in [4.78, 5) is 57.3. The number of ether oxygens (including phenoxy) is 1. The SMILES string of the molecule is Nc1nc(/C(=N/OC2(C(=O)O)CC2)C(=O)NC[C@H](C=O)CCN2CCOC2=O)cs1. The lowest BCUT2D eigenvalue weighted by Gasteiger charge is -2.16. The molecular formula is C17H21N5O7S. The van der Waals surface area contributed by atoms with Gasteiger partial charge >= 0.3 is 12.1 Å². The number of nitrogen functional groups attached to an aromatic ring is 1. The molecule has 30 heavy (non-hydrogen) atoms. The quantitative estimate of drug-likeness (QED) is 0.240. The number of nitrogens with zero attached hydrogens (tertiary/aromatic N) is 3. The number of oxime groups is 1. The molecule has 1 saturated heterocycles. The molecule has 4 N–H and O–H groups in total. The number of rotatable bonds is 11. The van der Waals surface area contributed by atoms with Crippen molar-refractivity contribution in [3.8, 4) is 0 Å². The normalized spacial score (nSPS) is 18.5. The van der Waals surface area contributed by atoms with Crippen LogP contribution in [0, 0.1) is 5.92 Å². The number of hydrogen-bond acceptors (Lipinski definition) is 10. The molecule has 0 spiro atoms. The summed E-state index contributed by atoms with van der Waals surface area (Å²) in [5.41, 5.74) is 4.09. The van der Waals surface area contributed by atoms with E-state index in [0.717, 1.165) is 11.3 Å². The van der Waals surface area contributed by atoms with E-state index >= 15 is 0 Å². The minimum atomic E-state index is -1.43. The van der Waals surface area contributed by atoms with Crippen molar-refractivity contribution in [2.75, 3.05) is 32.0 Å². The standard InChI is InChI=1S/C17H21N5O7S/c18-15-20-11(9-30-15)12(21-29-17(2-3-17)14(25)26)13(24)19-7-10(8-23)1-4-22-5-6-28-16(22)27/h8-10H,1-7H2,(H2,18,20)(H,19,24)(H,25,26)/b21-12-/t10-/m1/s1. The monoisotopic (exact) mass is 439 g/mol. The Labute approximate surface area is 175 Å². The fraction of sp³-hybridized carbons (Fsp3) is 0.529. The Bertz CT molecular complexity index is 866. The van der Waals surface area contributed by atoms with Crippen LogP contribution in [-0.4, -0.2) is 76.8 Å². The number of aldehydes is 1. The molecule has 0 unspecified atom stereocenters. The summed E-state index contributed by atoms with van der Waals surface area (Å²) in [5.74, 6) is -2.39. The predicted molar refractivity (Wildman–Crippen MR) is 104 cm³/mol. The van der Waals surface area contributed by atoms with Gasteiger partial charge in [-0.3, -0.25) is 4.79 Å². The van der Waals surface area contributed by atoms with E-state index in [-0.39, 0.29) is 35.9 Å². The fourth-order valence-electron chi connectivity index (χ4n) is 2.67. The first-order chi connectivity index (χ1) is 14.3. The van der Waals surface area contributed by atoms with Gasteiger partial charge in [-0.2, -0.15) is 0 Å². The maximum atomic E-state index is 12.6. The summed E-state index contributed by atoms with van der Waals surface area (Å²) in [5, 5.41) is 17.2. The number of aromatic nitrogens is 1. The largest absolute Gasteiger partial charge is 0.478 e. The van der Waals surface area contributed by atoms with E-state index in [1.807, 2.05) is 0 Å². The number of carbonyl (C=O) groups is 4. The smallest absolute Gasteiger partial charge is 0.409 e. The lowest BCUT2D eigenvalue weighted by atomic mass is 10.1. The summed E-state index contributed by atoms with van der Waals surface area (Å²) in [7, 11) is 0. The highest BCUT2D eigenvalue weighted by atomic mass is 32.1. The van der Waals surface area contributed by atoms with Crippen LogP contribution in [0.5, 0.6) is 0 Å². The van der Waals surface area contributed by atoms with Gasteiger partial charge in [0.05, 0.1) is 6.54 Å². The van der Waals surface area contributed by atoms with E-state index in [9.17, 15) is 24.3 Å². The molecule has 1 aromatic heterocycles. The van der Waals surface area contributed by atoms with Crippen molar-refractivity contribution in [1.29, 1.82) is 0 Å². The van der Waals surface area contributed by atoms with Crippen LogP contribution >= 0.6 is 11.3 Å². The molecule has 2 heterocycles. The Hall–Kier alpha value is -3.22. The van der Waals surface area contributed by atoms with Crippen molar-refractivity contribution in [2.45, 2.75) is 24.9 Å². The molecule has 0 bridgehead atoms. The number of nitrogens with one attached hydrogen (secondary N) is 1. The lowest BCUT2D eigenvalue weighted by Crippen LogP contribution is -2.37. The summed E-state index contributed by atoms with van der Waals surface area (Å²) in [6, 6.07) is 0. The van der Waals surface area contributed by atoms with Crippen LogP contribution in [0.4, 0.5) is 9.93 Å². The van der Waals surface area contributed by atoms with Crippen molar-refractivity contribution < 1.29 is 33.9 Å². The number of amides is 2. The third kappa shape index (κ3) is 5.03. The highest BCUT2D eigenvalue weighted by Crippen LogP contribution is 2.40. The molecule has 1 atom stereocenters. The Morgan fingerprint density at radius 3 is 2.83 bits per heavy atom. The molecule has 162 valence electrons. The summed E-state index contributed by atoms with van der Waals surface area (Å²) < 4.78 is 4.83. The van der Waals surface area contributed by atoms with E-state index < -0.39 is 29.5 Å². The Balaban J connectivity index is 1.61. The average Bonchev–Trinajstić information content (AvgIpc) is 3.23. The predicted octanol–water partition coefficient (Wildman–Crippen LogP) is -0.163. The Morgan fingerprint density at radius 2 is 2.30 bits per heavy atom. The lowest BCUT2D eigenvalue weighted by molar-refractivity contribution is -0.153. The summed E-state index contributed by atoms with van der Waals surface area (Å²) >= 11 is 1.09. The Kier molecular flexibility index (Phi) is 6.50. The summed E-state index contributed by atoms with van der Waals surface area (Å²) in [6.07, 6.45) is 1.18. The fourth-order valence-corrected chi connectivity index (χ4v) is 3.22. The van der Waals surface area contributed by atoms with E-state index in [1.54, 1.807) is 0 Å². The Morgan fingerprint density at radius 1 is 1.53 bits per heavy atom. The zero-order valence-electron chi connectivity index (χ0n) is 15.9. The van der Waals surface area contributed by atoms with Crippen LogP contribution in [0.3, 0.4) is 0 Å². The zero-order valence-corrected chi connectivity index (χ0v) is 16.7. The van der Waals surface area contributed by atoms with Gasteiger partial charge < -0.3 is 35.4 Å². The van der Waals surface area contributed by atoms with Crippen molar-refractivity contribution in [3.63, 3.8) is 0 Å². The van der Waals surface area contributed by atoms with Gasteiger partial charge in [0.1, 0.15) is 18.6 Å². The molecule has 13 heteroatoms. The zero-order chi connectivity index (χ0) is 21.7. The van der Waals surface area contributed by atoms with Gasteiger partial charge in [0, 0.05) is 37.2 Å². The number of carbonyl (C=O) groups excluding carboxylic acids is 3. The molecule has 1 aromatic rings. The number of carboxylic acids is 1. The van der Waals surface area contributed by atoms with E-state index in [2.05, 4.69) is 15.5 Å². The number of hydrogen-bond donors (Lipinski definition) is 3.